The van der Waals surface area contributed by atoms with Crippen LogP contribution in [0.25, 0.3) is 0 Å². The number of ether oxygens (including phenoxy) is 1. The van der Waals surface area contributed by atoms with E-state index in [9.17, 15) is 4.79 Å². The molecule has 1 amide bonds. The lowest BCUT2D eigenvalue weighted by Gasteiger charge is -2.28. The molecular weight excluding hydrogens is 344 g/mol. The van der Waals surface area contributed by atoms with Gasteiger partial charge in [0.25, 0.3) is 0 Å². The number of aryl methyl sites for hydroxylation is 2. The lowest BCUT2D eigenvalue weighted by Crippen LogP contribution is -2.39. The zero-order valence-corrected chi connectivity index (χ0v) is 16.1. The van der Waals surface area contributed by atoms with Gasteiger partial charge in [-0.25, -0.2) is 4.99 Å². The van der Waals surface area contributed by atoms with Gasteiger partial charge in [0, 0.05) is 18.7 Å². The summed E-state index contributed by atoms with van der Waals surface area (Å²) in [4.78, 5) is 19.4. The lowest BCUT2D eigenvalue weighted by molar-refractivity contribution is -0.127. The molecule has 1 fully saturated rings. The molecule has 0 aromatic heterocycles. The van der Waals surface area contributed by atoms with E-state index in [1.54, 1.807) is 18.9 Å². The number of hydrogen-bond acceptors (Lipinski definition) is 4. The fraction of sp³-hybridized carbons (Fsp3) is 0.333. The first-order valence-electron chi connectivity index (χ1n) is 8.88. The van der Waals surface area contributed by atoms with Crippen LogP contribution in [0.1, 0.15) is 24.0 Å². The summed E-state index contributed by atoms with van der Waals surface area (Å²) in [6.07, 6.45) is 2.24. The van der Waals surface area contributed by atoms with Crippen LogP contribution in [0.5, 0.6) is 5.75 Å². The van der Waals surface area contributed by atoms with E-state index < -0.39 is 0 Å². The number of hydrogen-bond donors (Lipinski definition) is 0. The molecule has 0 N–H and O–H groups in total. The summed E-state index contributed by atoms with van der Waals surface area (Å²) in [5.74, 6) is 1.84. The molecule has 0 aliphatic carbocycles. The van der Waals surface area contributed by atoms with E-state index in [4.69, 9.17) is 9.73 Å². The maximum absolute atomic E-state index is 12.8. The van der Waals surface area contributed by atoms with Crippen LogP contribution >= 0.6 is 11.8 Å². The number of methoxy groups -OCH3 is 1. The third-order valence-electron chi connectivity index (χ3n) is 4.31. The Labute approximate surface area is 159 Å². The highest BCUT2D eigenvalue weighted by atomic mass is 32.2. The first-order valence-corrected chi connectivity index (χ1v) is 9.86. The van der Waals surface area contributed by atoms with E-state index in [-0.39, 0.29) is 5.91 Å². The van der Waals surface area contributed by atoms with Crippen molar-refractivity contribution in [2.45, 2.75) is 26.2 Å². The number of rotatable bonds is 5. The maximum Gasteiger partial charge on any atom is 0.228 e. The molecule has 5 heteroatoms. The molecule has 1 heterocycles. The van der Waals surface area contributed by atoms with Crippen molar-refractivity contribution in [1.82, 2.24) is 4.90 Å². The average molecular weight is 369 g/mol. The SMILES string of the molecule is COc1ccc(C)cc1N=C1SCCCN1C(=O)CCc1ccccc1. The molecule has 1 aliphatic heterocycles. The Hall–Kier alpha value is -2.27. The van der Waals surface area contributed by atoms with Crippen LogP contribution in [0.15, 0.2) is 53.5 Å². The van der Waals surface area contributed by atoms with E-state index >= 15 is 0 Å². The van der Waals surface area contributed by atoms with Gasteiger partial charge in [0.05, 0.1) is 7.11 Å². The predicted molar refractivity (Wildman–Crippen MR) is 108 cm³/mol. The fourth-order valence-electron chi connectivity index (χ4n) is 2.91. The number of carbonyl (C=O) groups is 1. The molecule has 3 rings (SSSR count). The molecule has 0 unspecified atom stereocenters. The van der Waals surface area contributed by atoms with Crippen LogP contribution in [0.3, 0.4) is 0 Å². The van der Waals surface area contributed by atoms with E-state index in [0.717, 1.165) is 47.3 Å². The van der Waals surface area contributed by atoms with E-state index in [1.165, 1.54) is 5.56 Å². The maximum atomic E-state index is 12.8. The van der Waals surface area contributed by atoms with Crippen molar-refractivity contribution in [3.05, 3.63) is 59.7 Å². The Morgan fingerprint density at radius 3 is 2.81 bits per heavy atom. The van der Waals surface area contributed by atoms with Gasteiger partial charge in [0.2, 0.25) is 5.91 Å². The van der Waals surface area contributed by atoms with Crippen LogP contribution in [0.4, 0.5) is 5.69 Å². The summed E-state index contributed by atoms with van der Waals surface area (Å²) in [6.45, 7) is 2.76. The molecule has 2 aromatic carbocycles. The molecule has 136 valence electrons. The minimum absolute atomic E-state index is 0.131. The highest BCUT2D eigenvalue weighted by Crippen LogP contribution is 2.31. The van der Waals surface area contributed by atoms with Crippen molar-refractivity contribution < 1.29 is 9.53 Å². The van der Waals surface area contributed by atoms with Crippen LogP contribution in [-0.4, -0.2) is 35.4 Å². The number of nitrogens with zero attached hydrogens (tertiary/aromatic N) is 2. The van der Waals surface area contributed by atoms with Crippen molar-refractivity contribution in [2.75, 3.05) is 19.4 Å². The van der Waals surface area contributed by atoms with Crippen molar-refractivity contribution >= 4 is 28.5 Å². The summed E-state index contributed by atoms with van der Waals surface area (Å²) in [5, 5.41) is 0.776. The van der Waals surface area contributed by atoms with Crippen LogP contribution in [0.2, 0.25) is 0 Å². The number of carbonyl (C=O) groups excluding carboxylic acids is 1. The second-order valence-electron chi connectivity index (χ2n) is 6.30. The molecule has 0 radical (unpaired) electrons. The van der Waals surface area contributed by atoms with Gasteiger partial charge in [0.15, 0.2) is 5.17 Å². The summed E-state index contributed by atoms with van der Waals surface area (Å²) in [7, 11) is 1.64. The monoisotopic (exact) mass is 368 g/mol. The highest BCUT2D eigenvalue weighted by molar-refractivity contribution is 8.13. The van der Waals surface area contributed by atoms with Gasteiger partial charge in [-0.3, -0.25) is 9.69 Å². The first kappa shape index (κ1) is 18.5. The van der Waals surface area contributed by atoms with Crippen molar-refractivity contribution in [3.63, 3.8) is 0 Å². The predicted octanol–water partition coefficient (Wildman–Crippen LogP) is 4.59. The van der Waals surface area contributed by atoms with E-state index in [2.05, 4.69) is 12.1 Å². The number of amides is 1. The summed E-state index contributed by atoms with van der Waals surface area (Å²) >= 11 is 1.64. The summed E-state index contributed by atoms with van der Waals surface area (Å²) in [6, 6.07) is 16.0. The van der Waals surface area contributed by atoms with E-state index in [1.807, 2.05) is 48.2 Å². The second-order valence-corrected chi connectivity index (χ2v) is 7.36. The smallest absolute Gasteiger partial charge is 0.228 e. The van der Waals surface area contributed by atoms with Gasteiger partial charge in [-0.2, -0.15) is 0 Å². The van der Waals surface area contributed by atoms with Gasteiger partial charge >= 0.3 is 0 Å². The van der Waals surface area contributed by atoms with Crippen LogP contribution < -0.4 is 4.74 Å². The quantitative estimate of drug-likeness (QED) is 0.775. The number of aliphatic imine (C=N–C) groups is 1. The molecule has 0 bridgehead atoms. The van der Waals surface area contributed by atoms with Crippen molar-refractivity contribution in [2.24, 2.45) is 4.99 Å². The summed E-state index contributed by atoms with van der Waals surface area (Å²) < 4.78 is 5.42. The average Bonchev–Trinajstić information content (AvgIpc) is 2.67. The Kier molecular flexibility index (Phi) is 6.34. The molecule has 0 atom stereocenters. The van der Waals surface area contributed by atoms with Crippen LogP contribution in [0, 0.1) is 6.92 Å². The molecule has 0 saturated carbocycles. The zero-order chi connectivity index (χ0) is 18.4. The molecule has 26 heavy (non-hydrogen) atoms. The molecule has 1 aliphatic rings. The second kappa shape index (κ2) is 8.90. The van der Waals surface area contributed by atoms with Gasteiger partial charge in [-0.1, -0.05) is 48.2 Å². The molecule has 0 spiro atoms. The Morgan fingerprint density at radius 1 is 1.23 bits per heavy atom. The largest absolute Gasteiger partial charge is 0.494 e. The normalized spacial score (nSPS) is 15.9. The molecule has 4 nitrogen and oxygen atoms in total. The lowest BCUT2D eigenvalue weighted by atomic mass is 10.1. The molecule has 2 aromatic rings. The third-order valence-corrected chi connectivity index (χ3v) is 5.37. The minimum Gasteiger partial charge on any atom is -0.494 e. The van der Waals surface area contributed by atoms with E-state index in [0.29, 0.717) is 6.42 Å². The number of benzene rings is 2. The fourth-order valence-corrected chi connectivity index (χ4v) is 3.87. The molecule has 1 saturated heterocycles. The minimum atomic E-state index is 0.131. The van der Waals surface area contributed by atoms with Crippen molar-refractivity contribution in [1.29, 1.82) is 0 Å². The standard InChI is InChI=1S/C21H24N2O2S/c1-16-9-11-19(25-2)18(15-16)22-21-23(13-6-14-26-21)20(24)12-10-17-7-4-3-5-8-17/h3-5,7-9,11,15H,6,10,12-14H2,1-2H3. The zero-order valence-electron chi connectivity index (χ0n) is 15.3. The van der Waals surface area contributed by atoms with Gasteiger partial charge in [0.1, 0.15) is 11.4 Å². The van der Waals surface area contributed by atoms with Crippen molar-refractivity contribution in [3.8, 4) is 5.75 Å². The highest BCUT2D eigenvalue weighted by Gasteiger charge is 2.23. The molecular formula is C21H24N2O2S. The first-order chi connectivity index (χ1) is 12.7. The Morgan fingerprint density at radius 2 is 2.04 bits per heavy atom. The van der Waals surface area contributed by atoms with Gasteiger partial charge < -0.3 is 4.74 Å². The topological polar surface area (TPSA) is 41.9 Å². The Balaban J connectivity index is 1.77. The third kappa shape index (κ3) is 4.67. The van der Waals surface area contributed by atoms with Gasteiger partial charge in [-0.15, -0.1) is 0 Å². The number of thioether (sulfide) groups is 1. The summed E-state index contributed by atoms with van der Waals surface area (Å²) in [5.41, 5.74) is 3.08. The van der Waals surface area contributed by atoms with Crippen LogP contribution in [-0.2, 0) is 11.2 Å². The number of amidine groups is 1. The van der Waals surface area contributed by atoms with Gasteiger partial charge in [-0.05, 0) is 43.0 Å². The Bertz CT molecular complexity index is 790.